The van der Waals surface area contributed by atoms with E-state index in [0.717, 1.165) is 29.4 Å². The van der Waals surface area contributed by atoms with Crippen LogP contribution in [0, 0.1) is 5.82 Å². The fraction of sp³-hybridized carbons (Fsp3) is 0.133. The first kappa shape index (κ1) is 13.4. The molecule has 0 radical (unpaired) electrons. The number of thiophene rings is 1. The van der Waals surface area contributed by atoms with E-state index in [1.54, 1.807) is 34.8 Å². The van der Waals surface area contributed by atoms with Crippen LogP contribution < -0.4 is 5.32 Å². The van der Waals surface area contributed by atoms with Crippen molar-refractivity contribution in [3.63, 3.8) is 0 Å². The minimum Gasteiger partial charge on any atom is -0.307 e. The molecule has 0 aliphatic heterocycles. The highest BCUT2D eigenvalue weighted by Crippen LogP contribution is 2.23. The third kappa shape index (κ3) is 3.30. The van der Waals surface area contributed by atoms with Crippen LogP contribution >= 0.6 is 22.7 Å². The number of halogens is 1. The van der Waals surface area contributed by atoms with E-state index in [2.05, 4.69) is 27.1 Å². The molecule has 102 valence electrons. The van der Waals surface area contributed by atoms with Gasteiger partial charge in [0.05, 0.1) is 5.69 Å². The van der Waals surface area contributed by atoms with Gasteiger partial charge in [-0.1, -0.05) is 0 Å². The van der Waals surface area contributed by atoms with Gasteiger partial charge in [-0.05, 0) is 46.7 Å². The van der Waals surface area contributed by atoms with Crippen LogP contribution in [0.4, 0.5) is 4.39 Å². The zero-order chi connectivity index (χ0) is 13.8. The maximum Gasteiger partial charge on any atom is 0.123 e. The summed E-state index contributed by atoms with van der Waals surface area (Å²) in [6.07, 6.45) is 0. The van der Waals surface area contributed by atoms with Gasteiger partial charge in [-0.3, -0.25) is 0 Å². The Morgan fingerprint density at radius 1 is 1.05 bits per heavy atom. The van der Waals surface area contributed by atoms with E-state index in [1.165, 1.54) is 17.7 Å². The second-order valence-electron chi connectivity index (χ2n) is 4.39. The maximum atomic E-state index is 12.9. The van der Waals surface area contributed by atoms with Crippen LogP contribution in [0.25, 0.3) is 10.6 Å². The van der Waals surface area contributed by atoms with Crippen LogP contribution in [-0.2, 0) is 13.1 Å². The summed E-state index contributed by atoms with van der Waals surface area (Å²) in [5.74, 6) is -0.219. The normalized spacial score (nSPS) is 10.8. The van der Waals surface area contributed by atoms with Crippen molar-refractivity contribution >= 4 is 22.7 Å². The summed E-state index contributed by atoms with van der Waals surface area (Å²) in [6, 6.07) is 8.56. The summed E-state index contributed by atoms with van der Waals surface area (Å²) in [4.78, 5) is 4.57. The number of rotatable bonds is 5. The summed E-state index contributed by atoms with van der Waals surface area (Å²) in [7, 11) is 0. The molecule has 2 aromatic heterocycles. The number of hydrogen-bond acceptors (Lipinski definition) is 4. The zero-order valence-corrected chi connectivity index (χ0v) is 12.3. The quantitative estimate of drug-likeness (QED) is 0.760. The van der Waals surface area contributed by atoms with Crippen molar-refractivity contribution in [2.24, 2.45) is 0 Å². The minimum absolute atomic E-state index is 0.219. The average Bonchev–Trinajstić information content (AvgIpc) is 3.11. The summed E-state index contributed by atoms with van der Waals surface area (Å²) in [5, 5.41) is 10.6. The summed E-state index contributed by atoms with van der Waals surface area (Å²) >= 11 is 3.29. The van der Waals surface area contributed by atoms with E-state index in [1.807, 2.05) is 5.38 Å². The molecule has 0 aliphatic rings. The molecule has 3 aromatic rings. The lowest BCUT2D eigenvalue weighted by atomic mass is 10.2. The molecule has 0 bridgehead atoms. The first-order valence-electron chi connectivity index (χ1n) is 6.23. The van der Waals surface area contributed by atoms with Gasteiger partial charge in [0.15, 0.2) is 0 Å². The highest BCUT2D eigenvalue weighted by molar-refractivity contribution is 7.13. The summed E-state index contributed by atoms with van der Waals surface area (Å²) in [6.45, 7) is 1.60. The topological polar surface area (TPSA) is 24.9 Å². The molecule has 2 heterocycles. The van der Waals surface area contributed by atoms with Crippen LogP contribution in [0.1, 0.15) is 11.3 Å². The molecule has 0 spiro atoms. The lowest BCUT2D eigenvalue weighted by Gasteiger charge is -2.00. The Labute approximate surface area is 124 Å². The second kappa shape index (κ2) is 6.26. The highest BCUT2D eigenvalue weighted by atomic mass is 32.1. The van der Waals surface area contributed by atoms with E-state index < -0.39 is 0 Å². The predicted molar refractivity (Wildman–Crippen MR) is 82.4 cm³/mol. The van der Waals surface area contributed by atoms with Crippen molar-refractivity contribution in [2.75, 3.05) is 0 Å². The van der Waals surface area contributed by atoms with Crippen LogP contribution in [-0.4, -0.2) is 4.98 Å². The molecule has 20 heavy (non-hydrogen) atoms. The molecule has 1 N–H and O–H groups in total. The lowest BCUT2D eigenvalue weighted by Crippen LogP contribution is -2.12. The molecule has 2 nitrogen and oxygen atoms in total. The summed E-state index contributed by atoms with van der Waals surface area (Å²) in [5.41, 5.74) is 3.27. The Balaban J connectivity index is 1.60. The SMILES string of the molecule is Fc1ccc(-c2nc(CNCc3ccsc3)cs2)cc1. The predicted octanol–water partition coefficient (Wildman–Crippen LogP) is 4.30. The van der Waals surface area contributed by atoms with Crippen molar-refractivity contribution in [3.8, 4) is 10.6 Å². The maximum absolute atomic E-state index is 12.9. The molecule has 3 rings (SSSR count). The van der Waals surface area contributed by atoms with E-state index >= 15 is 0 Å². The molecular formula is C15H13FN2S2. The van der Waals surface area contributed by atoms with Gasteiger partial charge in [0, 0.05) is 24.0 Å². The Hall–Kier alpha value is -1.56. The largest absolute Gasteiger partial charge is 0.307 e. The van der Waals surface area contributed by atoms with E-state index in [0.29, 0.717) is 0 Å². The fourth-order valence-corrected chi connectivity index (χ4v) is 3.34. The lowest BCUT2D eigenvalue weighted by molar-refractivity contribution is 0.628. The molecule has 0 saturated heterocycles. The average molecular weight is 304 g/mol. The smallest absolute Gasteiger partial charge is 0.123 e. The van der Waals surface area contributed by atoms with Crippen molar-refractivity contribution in [3.05, 3.63) is 63.5 Å². The first-order chi connectivity index (χ1) is 9.81. The number of nitrogens with one attached hydrogen (secondary N) is 1. The van der Waals surface area contributed by atoms with Gasteiger partial charge in [-0.15, -0.1) is 11.3 Å². The Bertz CT molecular complexity index is 660. The standard InChI is InChI=1S/C15H13FN2S2/c16-13-3-1-12(2-4-13)15-18-14(10-20-15)8-17-7-11-5-6-19-9-11/h1-6,9-10,17H,7-8H2. The van der Waals surface area contributed by atoms with E-state index in [-0.39, 0.29) is 5.82 Å². The molecule has 0 fully saturated rings. The number of aromatic nitrogens is 1. The van der Waals surface area contributed by atoms with Gasteiger partial charge in [-0.25, -0.2) is 9.37 Å². The van der Waals surface area contributed by atoms with Crippen molar-refractivity contribution < 1.29 is 4.39 Å². The van der Waals surface area contributed by atoms with Crippen LogP contribution in [0.15, 0.2) is 46.5 Å². The van der Waals surface area contributed by atoms with E-state index in [9.17, 15) is 4.39 Å². The van der Waals surface area contributed by atoms with Crippen molar-refractivity contribution in [1.29, 1.82) is 0 Å². The second-order valence-corrected chi connectivity index (χ2v) is 6.02. The number of thiazole rings is 1. The molecule has 5 heteroatoms. The van der Waals surface area contributed by atoms with Gasteiger partial charge < -0.3 is 5.32 Å². The van der Waals surface area contributed by atoms with Crippen LogP contribution in [0.5, 0.6) is 0 Å². The third-order valence-corrected chi connectivity index (χ3v) is 4.53. The molecular weight excluding hydrogens is 291 g/mol. The first-order valence-corrected chi connectivity index (χ1v) is 8.05. The molecule has 0 aliphatic carbocycles. The molecule has 0 unspecified atom stereocenters. The molecule has 0 amide bonds. The highest BCUT2D eigenvalue weighted by Gasteiger charge is 2.05. The third-order valence-electron chi connectivity index (χ3n) is 2.86. The monoisotopic (exact) mass is 304 g/mol. The van der Waals surface area contributed by atoms with Crippen molar-refractivity contribution in [1.82, 2.24) is 10.3 Å². The van der Waals surface area contributed by atoms with Crippen molar-refractivity contribution in [2.45, 2.75) is 13.1 Å². The fourth-order valence-electron chi connectivity index (χ4n) is 1.84. The zero-order valence-electron chi connectivity index (χ0n) is 10.7. The molecule has 1 aromatic carbocycles. The van der Waals surface area contributed by atoms with Gasteiger partial charge in [-0.2, -0.15) is 11.3 Å². The summed E-state index contributed by atoms with van der Waals surface area (Å²) < 4.78 is 12.9. The minimum atomic E-state index is -0.219. The Kier molecular flexibility index (Phi) is 4.20. The van der Waals surface area contributed by atoms with E-state index in [4.69, 9.17) is 0 Å². The molecule has 0 saturated carbocycles. The Morgan fingerprint density at radius 2 is 1.90 bits per heavy atom. The van der Waals surface area contributed by atoms with Gasteiger partial charge >= 0.3 is 0 Å². The van der Waals surface area contributed by atoms with Crippen LogP contribution in [0.3, 0.4) is 0 Å². The Morgan fingerprint density at radius 3 is 2.65 bits per heavy atom. The van der Waals surface area contributed by atoms with Gasteiger partial charge in [0.1, 0.15) is 10.8 Å². The van der Waals surface area contributed by atoms with Gasteiger partial charge in [0.2, 0.25) is 0 Å². The van der Waals surface area contributed by atoms with Gasteiger partial charge in [0.25, 0.3) is 0 Å². The number of hydrogen-bond donors (Lipinski definition) is 1. The number of nitrogens with zero attached hydrogens (tertiary/aromatic N) is 1. The van der Waals surface area contributed by atoms with Crippen LogP contribution in [0.2, 0.25) is 0 Å². The number of benzene rings is 1. The molecule has 0 atom stereocenters.